The average molecular weight is 252 g/mol. The van der Waals surface area contributed by atoms with Gasteiger partial charge in [-0.05, 0) is 58.0 Å². The van der Waals surface area contributed by atoms with Crippen molar-refractivity contribution in [2.45, 2.75) is 83.8 Å². The van der Waals surface area contributed by atoms with E-state index in [0.717, 1.165) is 18.0 Å². The van der Waals surface area contributed by atoms with E-state index in [0.29, 0.717) is 6.04 Å². The SMILES string of the molecule is CC(C)NCCC(C)N1CCC[C@H]2CCCC[C@H]21. The van der Waals surface area contributed by atoms with Gasteiger partial charge in [-0.25, -0.2) is 0 Å². The van der Waals surface area contributed by atoms with Crippen molar-refractivity contribution in [3.05, 3.63) is 0 Å². The van der Waals surface area contributed by atoms with Gasteiger partial charge in [-0.3, -0.25) is 4.90 Å². The van der Waals surface area contributed by atoms with Crippen LogP contribution in [0.1, 0.15) is 65.7 Å². The number of likely N-dealkylation sites (tertiary alicyclic amines) is 1. The third-order valence-electron chi connectivity index (χ3n) is 4.97. The van der Waals surface area contributed by atoms with Crippen molar-refractivity contribution >= 4 is 0 Å². The summed E-state index contributed by atoms with van der Waals surface area (Å²) in [6.07, 6.45) is 10.2. The minimum absolute atomic E-state index is 0.626. The van der Waals surface area contributed by atoms with E-state index >= 15 is 0 Å². The van der Waals surface area contributed by atoms with Crippen LogP contribution in [0.3, 0.4) is 0 Å². The molecule has 3 atom stereocenters. The Hall–Kier alpha value is -0.0800. The van der Waals surface area contributed by atoms with Gasteiger partial charge in [0.2, 0.25) is 0 Å². The maximum atomic E-state index is 3.56. The maximum absolute atomic E-state index is 3.56. The van der Waals surface area contributed by atoms with Crippen molar-refractivity contribution in [1.29, 1.82) is 0 Å². The quantitative estimate of drug-likeness (QED) is 0.806. The first-order valence-corrected chi connectivity index (χ1v) is 8.17. The Labute approximate surface area is 114 Å². The highest BCUT2D eigenvalue weighted by Gasteiger charge is 2.34. The lowest BCUT2D eigenvalue weighted by Crippen LogP contribution is -2.51. The van der Waals surface area contributed by atoms with Gasteiger partial charge in [0.15, 0.2) is 0 Å². The van der Waals surface area contributed by atoms with Crippen LogP contribution in [0, 0.1) is 5.92 Å². The van der Waals surface area contributed by atoms with Gasteiger partial charge in [-0.1, -0.05) is 26.7 Å². The maximum Gasteiger partial charge on any atom is 0.0126 e. The third-order valence-corrected chi connectivity index (χ3v) is 4.97. The lowest BCUT2D eigenvalue weighted by Gasteiger charge is -2.47. The first-order chi connectivity index (χ1) is 8.68. The van der Waals surface area contributed by atoms with E-state index in [4.69, 9.17) is 0 Å². The number of nitrogens with one attached hydrogen (secondary N) is 1. The van der Waals surface area contributed by atoms with Gasteiger partial charge in [0.05, 0.1) is 0 Å². The monoisotopic (exact) mass is 252 g/mol. The molecule has 106 valence electrons. The molecule has 0 radical (unpaired) electrons. The molecule has 0 aromatic rings. The highest BCUT2D eigenvalue weighted by Crippen LogP contribution is 2.36. The summed E-state index contributed by atoms with van der Waals surface area (Å²) in [5.74, 6) is 1.02. The van der Waals surface area contributed by atoms with Crippen molar-refractivity contribution in [1.82, 2.24) is 10.2 Å². The van der Waals surface area contributed by atoms with Crippen molar-refractivity contribution in [2.75, 3.05) is 13.1 Å². The molecule has 0 amide bonds. The van der Waals surface area contributed by atoms with Crippen LogP contribution in [-0.4, -0.2) is 36.1 Å². The summed E-state index contributed by atoms with van der Waals surface area (Å²) in [5.41, 5.74) is 0. The zero-order valence-electron chi connectivity index (χ0n) is 12.6. The van der Waals surface area contributed by atoms with Crippen LogP contribution in [-0.2, 0) is 0 Å². The number of fused-ring (bicyclic) bond motifs is 1. The number of nitrogens with zero attached hydrogens (tertiary/aromatic N) is 1. The Morgan fingerprint density at radius 2 is 1.78 bits per heavy atom. The smallest absolute Gasteiger partial charge is 0.0126 e. The highest BCUT2D eigenvalue weighted by molar-refractivity contribution is 4.89. The minimum Gasteiger partial charge on any atom is -0.314 e. The van der Waals surface area contributed by atoms with Gasteiger partial charge in [0, 0.05) is 18.1 Å². The van der Waals surface area contributed by atoms with Crippen molar-refractivity contribution < 1.29 is 0 Å². The van der Waals surface area contributed by atoms with Crippen molar-refractivity contribution in [3.8, 4) is 0 Å². The summed E-state index contributed by atoms with van der Waals surface area (Å²) < 4.78 is 0. The molecular formula is C16H32N2. The van der Waals surface area contributed by atoms with Crippen molar-refractivity contribution in [3.63, 3.8) is 0 Å². The van der Waals surface area contributed by atoms with Gasteiger partial charge in [-0.15, -0.1) is 0 Å². The van der Waals surface area contributed by atoms with Crippen LogP contribution >= 0.6 is 0 Å². The zero-order valence-corrected chi connectivity index (χ0v) is 12.6. The van der Waals surface area contributed by atoms with E-state index in [-0.39, 0.29) is 0 Å². The van der Waals surface area contributed by atoms with E-state index in [1.165, 1.54) is 58.0 Å². The van der Waals surface area contributed by atoms with E-state index < -0.39 is 0 Å². The Balaban J connectivity index is 1.81. The Morgan fingerprint density at radius 3 is 2.56 bits per heavy atom. The first-order valence-electron chi connectivity index (χ1n) is 8.17. The molecule has 2 fully saturated rings. The van der Waals surface area contributed by atoms with Gasteiger partial charge in [0.25, 0.3) is 0 Å². The fourth-order valence-corrected chi connectivity index (χ4v) is 3.96. The van der Waals surface area contributed by atoms with Crippen LogP contribution in [0.15, 0.2) is 0 Å². The molecule has 2 nitrogen and oxygen atoms in total. The van der Waals surface area contributed by atoms with E-state index in [2.05, 4.69) is 31.0 Å². The summed E-state index contributed by atoms with van der Waals surface area (Å²) in [6, 6.07) is 2.31. The molecule has 2 aliphatic rings. The average Bonchev–Trinajstić information content (AvgIpc) is 2.37. The first kappa shape index (κ1) is 14.3. The predicted octanol–water partition coefficient (Wildman–Crippen LogP) is 3.42. The summed E-state index contributed by atoms with van der Waals surface area (Å²) in [6.45, 7) is 9.45. The molecule has 1 aliphatic carbocycles. The topological polar surface area (TPSA) is 15.3 Å². The van der Waals surface area contributed by atoms with E-state index in [9.17, 15) is 0 Å². The van der Waals surface area contributed by atoms with Gasteiger partial charge in [-0.2, -0.15) is 0 Å². The number of rotatable bonds is 5. The molecule has 0 spiro atoms. The van der Waals surface area contributed by atoms with Crippen LogP contribution < -0.4 is 5.32 Å². The summed E-state index contributed by atoms with van der Waals surface area (Å²) in [4.78, 5) is 2.84. The molecule has 0 aromatic heterocycles. The summed E-state index contributed by atoms with van der Waals surface area (Å²) in [7, 11) is 0. The molecule has 0 aromatic carbocycles. The van der Waals surface area contributed by atoms with E-state index in [1.54, 1.807) is 0 Å². The molecule has 18 heavy (non-hydrogen) atoms. The lowest BCUT2D eigenvalue weighted by molar-refractivity contribution is 0.0287. The predicted molar refractivity (Wildman–Crippen MR) is 78.9 cm³/mol. The molecule has 1 unspecified atom stereocenters. The lowest BCUT2D eigenvalue weighted by atomic mass is 9.77. The van der Waals surface area contributed by atoms with E-state index in [1.807, 2.05) is 0 Å². The van der Waals surface area contributed by atoms with Crippen LogP contribution in [0.2, 0.25) is 0 Å². The van der Waals surface area contributed by atoms with Crippen LogP contribution in [0.25, 0.3) is 0 Å². The highest BCUT2D eigenvalue weighted by atomic mass is 15.2. The fraction of sp³-hybridized carbons (Fsp3) is 1.00. The molecule has 1 N–H and O–H groups in total. The second kappa shape index (κ2) is 6.91. The Bertz CT molecular complexity index is 237. The molecule has 0 bridgehead atoms. The summed E-state index contributed by atoms with van der Waals surface area (Å²) in [5, 5.41) is 3.56. The fourth-order valence-electron chi connectivity index (χ4n) is 3.96. The summed E-state index contributed by atoms with van der Waals surface area (Å²) >= 11 is 0. The van der Waals surface area contributed by atoms with Gasteiger partial charge in [0.1, 0.15) is 0 Å². The molecule has 1 saturated heterocycles. The minimum atomic E-state index is 0.626. The number of piperidine rings is 1. The Morgan fingerprint density at radius 1 is 1.06 bits per heavy atom. The largest absolute Gasteiger partial charge is 0.314 e. The molecule has 1 aliphatic heterocycles. The molecular weight excluding hydrogens is 220 g/mol. The normalized spacial score (nSPS) is 31.3. The second-order valence-electron chi connectivity index (χ2n) is 6.74. The number of hydrogen-bond donors (Lipinski definition) is 1. The second-order valence-corrected chi connectivity index (χ2v) is 6.74. The standard InChI is InChI=1S/C16H32N2/c1-13(2)17-11-10-14(3)18-12-6-8-15-7-4-5-9-16(15)18/h13-17H,4-12H2,1-3H3/t14?,15-,16-/m1/s1. The van der Waals surface area contributed by atoms with Crippen LogP contribution in [0.5, 0.6) is 0 Å². The molecule has 1 saturated carbocycles. The number of hydrogen-bond acceptors (Lipinski definition) is 2. The molecule has 1 heterocycles. The van der Waals surface area contributed by atoms with Gasteiger partial charge < -0.3 is 5.32 Å². The van der Waals surface area contributed by atoms with Crippen LogP contribution in [0.4, 0.5) is 0 Å². The third kappa shape index (κ3) is 3.71. The van der Waals surface area contributed by atoms with Gasteiger partial charge >= 0.3 is 0 Å². The molecule has 2 rings (SSSR count). The molecule has 2 heteroatoms. The van der Waals surface area contributed by atoms with Crippen molar-refractivity contribution in [2.24, 2.45) is 5.92 Å². The zero-order chi connectivity index (χ0) is 13.0. The Kier molecular flexibility index (Phi) is 5.50.